The van der Waals surface area contributed by atoms with Gasteiger partial charge in [0.2, 0.25) is 0 Å². The van der Waals surface area contributed by atoms with Crippen LogP contribution < -0.4 is 0 Å². The first-order valence-corrected chi connectivity index (χ1v) is 11.4. The molecule has 2 rings (SSSR count). The van der Waals surface area contributed by atoms with Gasteiger partial charge in [-0.05, 0) is 62.8 Å². The first-order chi connectivity index (χ1) is 12.5. The number of hydrogen-bond acceptors (Lipinski definition) is 2. The lowest BCUT2D eigenvalue weighted by Gasteiger charge is -2.16. The van der Waals surface area contributed by atoms with Crippen molar-refractivity contribution in [2.75, 3.05) is 5.75 Å². The normalized spacial score (nSPS) is 15.0. The Labute approximate surface area is 162 Å². The molecule has 1 aromatic rings. The van der Waals surface area contributed by atoms with Crippen LogP contribution in [-0.4, -0.2) is 20.7 Å². The Morgan fingerprint density at radius 3 is 2.23 bits per heavy atom. The summed E-state index contributed by atoms with van der Waals surface area (Å²) in [5.74, 6) is 0.727. The molecule has 0 bridgehead atoms. The molecule has 1 aliphatic carbocycles. The van der Waals surface area contributed by atoms with E-state index in [1.807, 2.05) is 39.8 Å². The maximum atomic E-state index is 12.4. The fourth-order valence-corrected chi connectivity index (χ4v) is 4.03. The van der Waals surface area contributed by atoms with E-state index >= 15 is 0 Å². The molecule has 1 N–H and O–H groups in total. The Kier molecular flexibility index (Phi) is 10.8. The summed E-state index contributed by atoms with van der Waals surface area (Å²) < 4.78 is 12.4. The van der Waals surface area contributed by atoms with E-state index in [4.69, 9.17) is 0 Å². The summed E-state index contributed by atoms with van der Waals surface area (Å²) in [5.41, 5.74) is 1.91. The van der Waals surface area contributed by atoms with Crippen molar-refractivity contribution in [2.24, 2.45) is 0 Å². The van der Waals surface area contributed by atoms with Crippen LogP contribution in [0.2, 0.25) is 0 Å². The molecule has 1 atom stereocenters. The molecule has 146 valence electrons. The van der Waals surface area contributed by atoms with Crippen molar-refractivity contribution >= 4 is 16.4 Å². The molecular weight excluding hydrogens is 340 g/mol. The van der Waals surface area contributed by atoms with Crippen LogP contribution in [0, 0.1) is 0 Å². The van der Waals surface area contributed by atoms with E-state index in [9.17, 15) is 9.32 Å². The molecule has 0 saturated heterocycles. The molecule has 1 unspecified atom stereocenters. The monoisotopic (exact) mass is 376 g/mol. The van der Waals surface area contributed by atoms with E-state index in [2.05, 4.69) is 30.4 Å². The number of unbranched alkanes of at least 4 members (excludes halogenated alkanes) is 3. The maximum absolute atomic E-state index is 12.4. The van der Waals surface area contributed by atoms with Gasteiger partial charge >= 0.3 is 0 Å². The lowest BCUT2D eigenvalue weighted by atomic mass is 10.00. The molecular formula is C23H36O2S. The van der Waals surface area contributed by atoms with Gasteiger partial charge < -0.3 is 5.11 Å². The average molecular weight is 377 g/mol. The van der Waals surface area contributed by atoms with Gasteiger partial charge in [-0.1, -0.05) is 63.5 Å². The Morgan fingerprint density at radius 2 is 1.65 bits per heavy atom. The highest BCUT2D eigenvalue weighted by Crippen LogP contribution is 2.22. The Bertz CT molecular complexity index is 592. The van der Waals surface area contributed by atoms with Gasteiger partial charge in [-0.2, -0.15) is 0 Å². The molecule has 2 nitrogen and oxygen atoms in total. The topological polar surface area (TPSA) is 37.3 Å². The second kappa shape index (κ2) is 12.2. The van der Waals surface area contributed by atoms with E-state index < -0.39 is 16.4 Å². The van der Waals surface area contributed by atoms with Gasteiger partial charge in [-0.15, -0.1) is 0 Å². The molecule has 0 radical (unpaired) electrons. The highest BCUT2D eigenvalue weighted by Gasteiger charge is 2.11. The van der Waals surface area contributed by atoms with Gasteiger partial charge in [-0.3, -0.25) is 4.21 Å². The summed E-state index contributed by atoms with van der Waals surface area (Å²) in [7, 11) is -0.906. The minimum absolute atomic E-state index is 0.562. The molecule has 0 aromatic heterocycles. The minimum Gasteiger partial charge on any atom is -0.390 e. The molecule has 1 aliphatic rings. The first-order valence-electron chi connectivity index (χ1n) is 10.0. The van der Waals surface area contributed by atoms with Gasteiger partial charge in [0.1, 0.15) is 0 Å². The Balaban J connectivity index is 0.00000163. The molecule has 26 heavy (non-hydrogen) atoms. The lowest BCUT2D eigenvalue weighted by Crippen LogP contribution is -2.17. The van der Waals surface area contributed by atoms with E-state index in [1.54, 1.807) is 0 Å². The molecule has 0 amide bonds. The average Bonchev–Trinajstić information content (AvgIpc) is 2.66. The maximum Gasteiger partial charge on any atom is 0.0591 e. The molecule has 0 aliphatic heterocycles. The highest BCUT2D eigenvalue weighted by atomic mass is 32.2. The predicted molar refractivity (Wildman–Crippen MR) is 115 cm³/mol. The van der Waals surface area contributed by atoms with Gasteiger partial charge in [-0.25, -0.2) is 0 Å². The predicted octanol–water partition coefficient (Wildman–Crippen LogP) is 6.28. The van der Waals surface area contributed by atoms with Crippen LogP contribution in [0.25, 0.3) is 5.57 Å². The molecule has 3 heteroatoms. The van der Waals surface area contributed by atoms with E-state index in [0.29, 0.717) is 0 Å². The number of aliphatic hydroxyl groups is 1. The molecule has 1 aromatic carbocycles. The van der Waals surface area contributed by atoms with Crippen molar-refractivity contribution < 1.29 is 9.32 Å². The van der Waals surface area contributed by atoms with E-state index in [0.717, 1.165) is 55.6 Å². The fraction of sp³-hybridized carbons (Fsp3) is 0.565. The summed E-state index contributed by atoms with van der Waals surface area (Å²) in [4.78, 5) is 0.927. The number of rotatable bonds is 9. The summed E-state index contributed by atoms with van der Waals surface area (Å²) >= 11 is 0. The lowest BCUT2D eigenvalue weighted by molar-refractivity contribution is 0.0680. The zero-order valence-electron chi connectivity index (χ0n) is 17.0. The smallest absolute Gasteiger partial charge is 0.0591 e. The second-order valence-electron chi connectivity index (χ2n) is 7.19. The zero-order chi connectivity index (χ0) is 19.4. The van der Waals surface area contributed by atoms with Crippen molar-refractivity contribution in [1.82, 2.24) is 0 Å². The molecule has 0 spiro atoms. The minimum atomic E-state index is -0.906. The molecule has 0 saturated carbocycles. The summed E-state index contributed by atoms with van der Waals surface area (Å²) in [5, 5.41) is 9.67. The van der Waals surface area contributed by atoms with Crippen LogP contribution in [0.15, 0.2) is 47.4 Å². The van der Waals surface area contributed by atoms with Gasteiger partial charge in [0.15, 0.2) is 0 Å². The van der Waals surface area contributed by atoms with Crippen LogP contribution in [-0.2, 0) is 10.8 Å². The first kappa shape index (κ1) is 22.9. The summed E-state index contributed by atoms with van der Waals surface area (Å²) in [6, 6.07) is 8.17. The van der Waals surface area contributed by atoms with Crippen LogP contribution in [0.5, 0.6) is 0 Å². The fourth-order valence-electron chi connectivity index (χ4n) is 2.89. The largest absolute Gasteiger partial charge is 0.390 e. The standard InChI is InChI=1S/C21H30O2S.C2H6/c1-21(2,22)16-8-3-4-9-17-24(23)20-14-12-19(13-15-20)18-10-6-5-7-11-18;1-2/h6,10-15,22H,3-5,7-9,16-17H2,1-2H3;1-2H3. The van der Waals surface area contributed by atoms with E-state index in [1.165, 1.54) is 11.1 Å². The number of benzene rings is 1. The van der Waals surface area contributed by atoms with Crippen LogP contribution >= 0.6 is 0 Å². The van der Waals surface area contributed by atoms with Gasteiger partial charge in [0.05, 0.1) is 16.4 Å². The van der Waals surface area contributed by atoms with Crippen molar-refractivity contribution in [3.05, 3.63) is 48.1 Å². The summed E-state index contributed by atoms with van der Waals surface area (Å²) in [6.45, 7) is 7.70. The Morgan fingerprint density at radius 1 is 1.00 bits per heavy atom. The quantitative estimate of drug-likeness (QED) is 0.515. The number of allylic oxidation sites excluding steroid dienone is 4. The van der Waals surface area contributed by atoms with Gasteiger partial charge in [0.25, 0.3) is 0 Å². The van der Waals surface area contributed by atoms with Crippen molar-refractivity contribution in [3.63, 3.8) is 0 Å². The van der Waals surface area contributed by atoms with Crippen LogP contribution in [0.4, 0.5) is 0 Å². The van der Waals surface area contributed by atoms with Crippen LogP contribution in [0.3, 0.4) is 0 Å². The van der Waals surface area contributed by atoms with Crippen molar-refractivity contribution in [1.29, 1.82) is 0 Å². The van der Waals surface area contributed by atoms with Crippen molar-refractivity contribution in [2.45, 2.75) is 83.1 Å². The third kappa shape index (κ3) is 8.95. The van der Waals surface area contributed by atoms with Crippen LogP contribution in [0.1, 0.15) is 78.2 Å². The molecule has 0 heterocycles. The second-order valence-corrected chi connectivity index (χ2v) is 8.76. The van der Waals surface area contributed by atoms with E-state index in [-0.39, 0.29) is 0 Å². The SMILES string of the molecule is CC.CC(C)(O)CCCCCCS(=O)c1ccc(C2=CCCC=C2)cc1. The zero-order valence-corrected chi connectivity index (χ0v) is 17.8. The highest BCUT2D eigenvalue weighted by molar-refractivity contribution is 7.85. The van der Waals surface area contributed by atoms with Crippen molar-refractivity contribution in [3.8, 4) is 0 Å². The number of hydrogen-bond donors (Lipinski definition) is 1. The van der Waals surface area contributed by atoms with Gasteiger partial charge in [0, 0.05) is 10.6 Å². The third-order valence-corrected chi connectivity index (χ3v) is 5.77. The summed E-state index contributed by atoms with van der Waals surface area (Å²) in [6.07, 6.45) is 13.9. The Hall–Kier alpha value is -1.19. The molecule has 0 fully saturated rings. The third-order valence-electron chi connectivity index (χ3n) is 4.31.